The van der Waals surface area contributed by atoms with E-state index in [0.29, 0.717) is 43.2 Å². The van der Waals surface area contributed by atoms with Gasteiger partial charge in [0.1, 0.15) is 31.9 Å². The third-order valence-electron chi connectivity index (χ3n) is 5.95. The van der Waals surface area contributed by atoms with Crippen LogP contribution in [0.1, 0.15) is 42.2 Å². The Morgan fingerprint density at radius 3 is 2.59 bits per heavy atom. The van der Waals surface area contributed by atoms with Gasteiger partial charge >= 0.3 is 0 Å². The van der Waals surface area contributed by atoms with E-state index in [9.17, 15) is 9.59 Å². The molecule has 2 aromatic carbocycles. The number of nitrogens with one attached hydrogen (secondary N) is 2. The molecule has 2 N–H and O–H groups in total. The summed E-state index contributed by atoms with van der Waals surface area (Å²) in [6, 6.07) is 13.8. The number of carbonyl (C=O) groups excluding carboxylic acids is 2. The molecule has 1 aliphatic heterocycles. The molecular weight excluding hydrogens is 434 g/mol. The van der Waals surface area contributed by atoms with Gasteiger partial charge in [-0.1, -0.05) is 56.7 Å². The molecule has 0 radical (unpaired) electrons. The van der Waals surface area contributed by atoms with Crippen LogP contribution in [0, 0.1) is 5.92 Å². The number of amides is 2. The normalized spacial score (nSPS) is 15.1. The molecule has 2 amide bonds. The quantitative estimate of drug-likeness (QED) is 0.505. The van der Waals surface area contributed by atoms with Crippen LogP contribution in [0.15, 0.2) is 61.2 Å². The molecule has 0 spiro atoms. The lowest BCUT2D eigenvalue weighted by Gasteiger charge is -2.28. The first-order valence-electron chi connectivity index (χ1n) is 11.4. The number of ether oxygens (including phenoxy) is 2. The van der Waals surface area contributed by atoms with Gasteiger partial charge in [0, 0.05) is 0 Å². The first kappa shape index (κ1) is 23.3. The zero-order valence-electron chi connectivity index (χ0n) is 19.3. The van der Waals surface area contributed by atoms with Crippen molar-refractivity contribution in [2.45, 2.75) is 38.9 Å². The van der Waals surface area contributed by atoms with Gasteiger partial charge in [0.2, 0.25) is 5.91 Å². The first-order chi connectivity index (χ1) is 16.6. The lowest BCUT2D eigenvalue weighted by molar-refractivity contribution is -0.125. The number of hydrogen-bond acceptors (Lipinski definition) is 6. The fourth-order valence-corrected chi connectivity index (χ4v) is 3.87. The Hall–Kier alpha value is -3.88. The molecule has 178 valence electrons. The minimum Gasteiger partial charge on any atom is -0.486 e. The Morgan fingerprint density at radius 1 is 1.06 bits per heavy atom. The van der Waals surface area contributed by atoms with Crippen LogP contribution in [0.25, 0.3) is 0 Å². The average molecular weight is 464 g/mol. The van der Waals surface area contributed by atoms with Gasteiger partial charge in [0.25, 0.3) is 5.91 Å². The van der Waals surface area contributed by atoms with Crippen molar-refractivity contribution in [3.63, 3.8) is 0 Å². The van der Waals surface area contributed by atoms with Gasteiger partial charge in [-0.3, -0.25) is 14.3 Å². The lowest BCUT2D eigenvalue weighted by atomic mass is 9.96. The van der Waals surface area contributed by atoms with Gasteiger partial charge in [0.05, 0.1) is 18.2 Å². The standard InChI is InChI=1S/C25H29N5O4/c1-3-17(2)22(29-24(31)19-10-7-11-21-23(19)34-13-12-33-21)25(32)28-20(14-30-16-26-15-27-30)18-8-5-4-6-9-18/h4-11,15-17,20,22H,3,12-14H2,1-2H3,(H,28,32)(H,29,31)/t17?,20-,22-/m0/s1. The molecule has 1 aromatic heterocycles. The third kappa shape index (κ3) is 5.36. The van der Waals surface area contributed by atoms with Crippen molar-refractivity contribution >= 4 is 11.8 Å². The topological polar surface area (TPSA) is 107 Å². The zero-order valence-corrected chi connectivity index (χ0v) is 19.3. The molecule has 1 unspecified atom stereocenters. The van der Waals surface area contributed by atoms with Gasteiger partial charge in [-0.15, -0.1) is 0 Å². The van der Waals surface area contributed by atoms with Gasteiger partial charge in [0.15, 0.2) is 11.5 Å². The van der Waals surface area contributed by atoms with Crippen molar-refractivity contribution < 1.29 is 19.1 Å². The van der Waals surface area contributed by atoms with Gasteiger partial charge in [-0.2, -0.15) is 5.10 Å². The smallest absolute Gasteiger partial charge is 0.255 e. The van der Waals surface area contributed by atoms with E-state index < -0.39 is 6.04 Å². The number of aromatic nitrogens is 3. The summed E-state index contributed by atoms with van der Waals surface area (Å²) in [7, 11) is 0. The molecule has 9 nitrogen and oxygen atoms in total. The second kappa shape index (κ2) is 10.8. The van der Waals surface area contributed by atoms with Crippen LogP contribution >= 0.6 is 0 Å². The minimum atomic E-state index is -0.736. The van der Waals surface area contributed by atoms with E-state index in [2.05, 4.69) is 20.7 Å². The Balaban J connectivity index is 1.54. The average Bonchev–Trinajstić information content (AvgIpc) is 3.39. The fraction of sp³-hybridized carbons (Fsp3) is 0.360. The van der Waals surface area contributed by atoms with Crippen LogP contribution in [0.5, 0.6) is 11.5 Å². The fourth-order valence-electron chi connectivity index (χ4n) is 3.87. The number of nitrogens with zero attached hydrogens (tertiary/aromatic N) is 3. The summed E-state index contributed by atoms with van der Waals surface area (Å²) in [5.41, 5.74) is 1.28. The molecular formula is C25H29N5O4. The first-order valence-corrected chi connectivity index (χ1v) is 11.4. The predicted octanol–water partition coefficient (Wildman–Crippen LogP) is 2.75. The van der Waals surface area contributed by atoms with E-state index in [-0.39, 0.29) is 23.8 Å². The van der Waals surface area contributed by atoms with Crippen molar-refractivity contribution in [2.24, 2.45) is 5.92 Å². The number of fused-ring (bicyclic) bond motifs is 1. The van der Waals surface area contributed by atoms with E-state index in [1.807, 2.05) is 44.2 Å². The van der Waals surface area contributed by atoms with Crippen molar-refractivity contribution in [1.29, 1.82) is 0 Å². The molecule has 0 aliphatic carbocycles. The van der Waals surface area contributed by atoms with Crippen LogP contribution in [0.3, 0.4) is 0 Å². The van der Waals surface area contributed by atoms with Gasteiger partial charge in [-0.05, 0) is 23.6 Å². The number of para-hydroxylation sites is 1. The van der Waals surface area contributed by atoms with Gasteiger partial charge < -0.3 is 20.1 Å². The summed E-state index contributed by atoms with van der Waals surface area (Å²) in [5, 5.41) is 10.2. The maximum Gasteiger partial charge on any atom is 0.255 e. The van der Waals surface area contributed by atoms with E-state index in [1.165, 1.54) is 6.33 Å². The summed E-state index contributed by atoms with van der Waals surface area (Å²) < 4.78 is 12.9. The molecule has 1 aliphatic rings. The van der Waals surface area contributed by atoms with E-state index in [1.54, 1.807) is 29.2 Å². The SMILES string of the molecule is CCC(C)[C@H](NC(=O)c1cccc2c1OCCO2)C(=O)N[C@@H](Cn1cncn1)c1ccccc1. The monoisotopic (exact) mass is 463 g/mol. The summed E-state index contributed by atoms with van der Waals surface area (Å²) in [6.45, 7) is 5.15. The van der Waals surface area contributed by atoms with E-state index in [0.717, 1.165) is 5.56 Å². The Labute approximate surface area is 198 Å². The number of carbonyl (C=O) groups is 2. The lowest BCUT2D eigenvalue weighted by Crippen LogP contribution is -2.51. The predicted molar refractivity (Wildman–Crippen MR) is 125 cm³/mol. The number of benzene rings is 2. The van der Waals surface area contributed by atoms with E-state index >= 15 is 0 Å². The van der Waals surface area contributed by atoms with Crippen LogP contribution in [0.4, 0.5) is 0 Å². The maximum atomic E-state index is 13.5. The summed E-state index contributed by atoms with van der Waals surface area (Å²) in [4.78, 5) is 30.7. The van der Waals surface area contributed by atoms with Crippen LogP contribution in [-0.2, 0) is 11.3 Å². The molecule has 0 saturated heterocycles. The minimum absolute atomic E-state index is 0.0940. The largest absolute Gasteiger partial charge is 0.486 e. The Morgan fingerprint density at radius 2 is 1.85 bits per heavy atom. The van der Waals surface area contributed by atoms with Crippen molar-refractivity contribution in [1.82, 2.24) is 25.4 Å². The zero-order chi connectivity index (χ0) is 23.9. The summed E-state index contributed by atoms with van der Waals surface area (Å²) in [6.07, 6.45) is 3.78. The highest BCUT2D eigenvalue weighted by molar-refractivity contribution is 6.00. The van der Waals surface area contributed by atoms with Gasteiger partial charge in [-0.25, -0.2) is 4.98 Å². The van der Waals surface area contributed by atoms with Crippen LogP contribution in [0.2, 0.25) is 0 Å². The third-order valence-corrected chi connectivity index (χ3v) is 5.95. The molecule has 34 heavy (non-hydrogen) atoms. The Kier molecular flexibility index (Phi) is 7.41. The maximum absolute atomic E-state index is 13.5. The van der Waals surface area contributed by atoms with Crippen LogP contribution < -0.4 is 20.1 Å². The molecule has 3 atom stereocenters. The summed E-state index contributed by atoms with van der Waals surface area (Å²) in [5.74, 6) is 0.195. The molecule has 2 heterocycles. The van der Waals surface area contributed by atoms with E-state index in [4.69, 9.17) is 9.47 Å². The molecule has 9 heteroatoms. The molecule has 0 saturated carbocycles. The van der Waals surface area contributed by atoms with Crippen molar-refractivity contribution in [3.8, 4) is 11.5 Å². The number of rotatable bonds is 9. The highest BCUT2D eigenvalue weighted by Crippen LogP contribution is 2.33. The van der Waals surface area contributed by atoms with Crippen molar-refractivity contribution in [3.05, 3.63) is 72.3 Å². The second-order valence-corrected chi connectivity index (χ2v) is 8.26. The second-order valence-electron chi connectivity index (χ2n) is 8.26. The molecule has 0 fully saturated rings. The molecule has 4 rings (SSSR count). The highest BCUT2D eigenvalue weighted by atomic mass is 16.6. The molecule has 3 aromatic rings. The summed E-state index contributed by atoms with van der Waals surface area (Å²) >= 11 is 0. The van der Waals surface area contributed by atoms with Crippen LogP contribution in [-0.4, -0.2) is 45.8 Å². The molecule has 0 bridgehead atoms. The van der Waals surface area contributed by atoms with Crippen molar-refractivity contribution in [2.75, 3.05) is 13.2 Å². The Bertz CT molecular complexity index is 1100. The highest BCUT2D eigenvalue weighted by Gasteiger charge is 2.30. The number of hydrogen-bond donors (Lipinski definition) is 2.